The van der Waals surface area contributed by atoms with Crippen molar-refractivity contribution in [2.75, 3.05) is 19.9 Å². The van der Waals surface area contributed by atoms with Crippen LogP contribution in [0.3, 0.4) is 0 Å². The first-order chi connectivity index (χ1) is 10.1. The van der Waals surface area contributed by atoms with Gasteiger partial charge in [-0.25, -0.2) is 4.39 Å². The average Bonchev–Trinajstić information content (AvgIpc) is 2.89. The summed E-state index contributed by atoms with van der Waals surface area (Å²) in [7, 11) is 1.89. The van der Waals surface area contributed by atoms with Crippen LogP contribution in [-0.2, 0) is 23.0 Å². The van der Waals surface area contributed by atoms with Gasteiger partial charge >= 0.3 is 0 Å². The first-order valence-electron chi connectivity index (χ1n) is 7.62. The van der Waals surface area contributed by atoms with Crippen LogP contribution in [0.5, 0.6) is 0 Å². The van der Waals surface area contributed by atoms with Gasteiger partial charge in [0.05, 0.1) is 17.2 Å². The van der Waals surface area contributed by atoms with E-state index in [2.05, 4.69) is 10.4 Å². The number of ether oxygens (including phenoxy) is 1. The molecule has 1 amide bonds. The van der Waals surface area contributed by atoms with E-state index in [-0.39, 0.29) is 11.9 Å². The Morgan fingerprint density at radius 2 is 2.33 bits per heavy atom. The molecule has 0 saturated carbocycles. The van der Waals surface area contributed by atoms with Gasteiger partial charge in [-0.1, -0.05) is 0 Å². The SMILES string of the molecule is Cn1cc2c(n1)CCCC2NC(=O)C1(CF)CCOCC1. The molecule has 3 rings (SSSR count). The lowest BCUT2D eigenvalue weighted by atomic mass is 9.80. The number of alkyl halides is 1. The van der Waals surface area contributed by atoms with Crippen molar-refractivity contribution in [2.45, 2.75) is 38.1 Å². The topological polar surface area (TPSA) is 56.2 Å². The summed E-state index contributed by atoms with van der Waals surface area (Å²) in [5, 5.41) is 7.49. The zero-order valence-electron chi connectivity index (χ0n) is 12.4. The summed E-state index contributed by atoms with van der Waals surface area (Å²) in [6.45, 7) is 0.301. The molecule has 1 atom stereocenters. The van der Waals surface area contributed by atoms with Gasteiger partial charge < -0.3 is 10.1 Å². The summed E-state index contributed by atoms with van der Waals surface area (Å²) in [4.78, 5) is 12.6. The standard InChI is InChI=1S/C15H22FN3O2/c1-19-9-11-12(3-2-4-13(11)18-19)17-14(20)15(10-16)5-7-21-8-6-15/h9,12H,2-8,10H2,1H3,(H,17,20). The number of halogens is 1. The zero-order chi connectivity index (χ0) is 14.9. The van der Waals surface area contributed by atoms with Crippen molar-refractivity contribution in [3.63, 3.8) is 0 Å². The van der Waals surface area contributed by atoms with Gasteiger partial charge in [-0.05, 0) is 32.1 Å². The molecule has 1 unspecified atom stereocenters. The molecule has 1 aliphatic carbocycles. The van der Waals surface area contributed by atoms with Crippen LogP contribution in [0.2, 0.25) is 0 Å². The van der Waals surface area contributed by atoms with Gasteiger partial charge in [-0.3, -0.25) is 9.48 Å². The third kappa shape index (κ3) is 2.69. The summed E-state index contributed by atoms with van der Waals surface area (Å²) in [5.74, 6) is -0.171. The molecule has 0 radical (unpaired) electrons. The lowest BCUT2D eigenvalue weighted by molar-refractivity contribution is -0.139. The van der Waals surface area contributed by atoms with Crippen LogP contribution >= 0.6 is 0 Å². The predicted octanol–water partition coefficient (Wildman–Crippen LogP) is 1.68. The molecule has 1 N–H and O–H groups in total. The van der Waals surface area contributed by atoms with Gasteiger partial charge in [-0.2, -0.15) is 5.10 Å². The van der Waals surface area contributed by atoms with E-state index in [4.69, 9.17) is 4.74 Å². The van der Waals surface area contributed by atoms with Gasteiger partial charge in [0, 0.05) is 32.0 Å². The van der Waals surface area contributed by atoms with Gasteiger partial charge in [0.15, 0.2) is 0 Å². The molecule has 1 saturated heterocycles. The number of nitrogens with zero attached hydrogens (tertiary/aromatic N) is 2. The quantitative estimate of drug-likeness (QED) is 0.923. The molecule has 21 heavy (non-hydrogen) atoms. The molecule has 0 bridgehead atoms. The van der Waals surface area contributed by atoms with Crippen LogP contribution in [0.1, 0.15) is 43.0 Å². The third-order valence-corrected chi connectivity index (χ3v) is 4.71. The normalized spacial score (nSPS) is 24.4. The van der Waals surface area contributed by atoms with Crippen LogP contribution in [0.15, 0.2) is 6.20 Å². The fourth-order valence-electron chi connectivity index (χ4n) is 3.31. The molecule has 1 aliphatic heterocycles. The number of aromatic nitrogens is 2. The Kier molecular flexibility index (Phi) is 3.97. The van der Waals surface area contributed by atoms with Crippen LogP contribution < -0.4 is 5.32 Å². The Morgan fingerprint density at radius 1 is 1.57 bits per heavy atom. The zero-order valence-corrected chi connectivity index (χ0v) is 12.4. The van der Waals surface area contributed by atoms with E-state index in [1.54, 1.807) is 4.68 Å². The average molecular weight is 295 g/mol. The Morgan fingerprint density at radius 3 is 3.05 bits per heavy atom. The number of hydrogen-bond donors (Lipinski definition) is 1. The minimum Gasteiger partial charge on any atom is -0.381 e. The molecular formula is C15H22FN3O2. The van der Waals surface area contributed by atoms with Crippen LogP contribution in [0.25, 0.3) is 0 Å². The van der Waals surface area contributed by atoms with Crippen molar-refractivity contribution < 1.29 is 13.9 Å². The second kappa shape index (κ2) is 5.75. The number of carbonyl (C=O) groups excluding carboxylic acids is 1. The molecule has 1 aromatic rings. The fraction of sp³-hybridized carbons (Fsp3) is 0.733. The molecule has 6 heteroatoms. The van der Waals surface area contributed by atoms with Gasteiger partial charge in [-0.15, -0.1) is 0 Å². The number of fused-ring (bicyclic) bond motifs is 1. The summed E-state index contributed by atoms with van der Waals surface area (Å²) in [6, 6.07) is -0.0405. The maximum atomic E-state index is 13.5. The number of hydrogen-bond acceptors (Lipinski definition) is 3. The van der Waals surface area contributed by atoms with Crippen molar-refractivity contribution in [1.29, 1.82) is 0 Å². The van der Waals surface area contributed by atoms with Crippen LogP contribution in [-0.4, -0.2) is 35.6 Å². The molecule has 2 aliphatic rings. The molecule has 0 spiro atoms. The largest absolute Gasteiger partial charge is 0.381 e. The van der Waals surface area contributed by atoms with E-state index in [1.807, 2.05) is 13.2 Å². The van der Waals surface area contributed by atoms with E-state index in [9.17, 15) is 9.18 Å². The first-order valence-corrected chi connectivity index (χ1v) is 7.62. The number of nitrogens with one attached hydrogen (secondary N) is 1. The Hall–Kier alpha value is -1.43. The molecule has 5 nitrogen and oxygen atoms in total. The smallest absolute Gasteiger partial charge is 0.229 e. The third-order valence-electron chi connectivity index (χ3n) is 4.71. The van der Waals surface area contributed by atoms with E-state index >= 15 is 0 Å². The lowest BCUT2D eigenvalue weighted by Crippen LogP contribution is -2.47. The van der Waals surface area contributed by atoms with E-state index < -0.39 is 12.1 Å². The Balaban J connectivity index is 1.75. The van der Waals surface area contributed by atoms with Gasteiger partial charge in [0.25, 0.3) is 0 Å². The Bertz CT molecular complexity index is 523. The number of amides is 1. The monoisotopic (exact) mass is 295 g/mol. The highest BCUT2D eigenvalue weighted by Crippen LogP contribution is 2.34. The van der Waals surface area contributed by atoms with E-state index in [1.165, 1.54) is 0 Å². The molecule has 116 valence electrons. The lowest BCUT2D eigenvalue weighted by Gasteiger charge is -2.35. The summed E-state index contributed by atoms with van der Waals surface area (Å²) < 4.78 is 20.6. The second-order valence-corrected chi connectivity index (χ2v) is 6.15. The van der Waals surface area contributed by atoms with E-state index in [0.29, 0.717) is 26.1 Å². The van der Waals surface area contributed by atoms with E-state index in [0.717, 1.165) is 30.5 Å². The van der Waals surface area contributed by atoms with Gasteiger partial charge in [0.1, 0.15) is 6.67 Å². The highest BCUT2D eigenvalue weighted by Gasteiger charge is 2.41. The highest BCUT2D eigenvalue weighted by atomic mass is 19.1. The molecular weight excluding hydrogens is 273 g/mol. The van der Waals surface area contributed by atoms with Crippen LogP contribution in [0.4, 0.5) is 4.39 Å². The van der Waals surface area contributed by atoms with Crippen molar-refractivity contribution >= 4 is 5.91 Å². The molecule has 1 fully saturated rings. The minimum atomic E-state index is -0.905. The maximum absolute atomic E-state index is 13.5. The highest BCUT2D eigenvalue weighted by molar-refractivity contribution is 5.83. The van der Waals surface area contributed by atoms with Crippen molar-refractivity contribution in [1.82, 2.24) is 15.1 Å². The number of aryl methyl sites for hydroxylation is 2. The minimum absolute atomic E-state index is 0.0405. The molecule has 0 aromatic carbocycles. The fourth-order valence-corrected chi connectivity index (χ4v) is 3.31. The van der Waals surface area contributed by atoms with Crippen molar-refractivity contribution in [2.24, 2.45) is 12.5 Å². The van der Waals surface area contributed by atoms with Crippen molar-refractivity contribution in [3.05, 3.63) is 17.5 Å². The molecule has 2 heterocycles. The van der Waals surface area contributed by atoms with Crippen LogP contribution in [0, 0.1) is 5.41 Å². The summed E-state index contributed by atoms with van der Waals surface area (Å²) in [5.41, 5.74) is 1.23. The number of rotatable bonds is 3. The van der Waals surface area contributed by atoms with Gasteiger partial charge in [0.2, 0.25) is 5.91 Å². The maximum Gasteiger partial charge on any atom is 0.229 e. The molecule has 1 aromatic heterocycles. The first kappa shape index (κ1) is 14.5. The predicted molar refractivity (Wildman–Crippen MR) is 75.5 cm³/mol. The number of carbonyl (C=O) groups is 1. The second-order valence-electron chi connectivity index (χ2n) is 6.15. The summed E-state index contributed by atoms with van der Waals surface area (Å²) in [6.07, 6.45) is 5.73. The summed E-state index contributed by atoms with van der Waals surface area (Å²) >= 11 is 0. The van der Waals surface area contributed by atoms with Crippen molar-refractivity contribution in [3.8, 4) is 0 Å². The Labute approximate surface area is 123 Å².